The maximum Gasteiger partial charge on any atom is 0.243 e. The normalized spacial score (nSPS) is 10.9. The molecule has 0 aliphatic carbocycles. The van der Waals surface area contributed by atoms with Crippen molar-refractivity contribution in [3.05, 3.63) is 116 Å². The molecule has 0 unspecified atom stereocenters. The second-order valence-corrected chi connectivity index (χ2v) is 7.86. The first-order valence-corrected chi connectivity index (χ1v) is 11.1. The molecule has 0 saturated carbocycles. The van der Waals surface area contributed by atoms with Gasteiger partial charge < -0.3 is 14.6 Å². The van der Waals surface area contributed by atoms with E-state index in [1.54, 1.807) is 18.7 Å². The van der Waals surface area contributed by atoms with Crippen LogP contribution in [0.4, 0.5) is 11.5 Å². The topological polar surface area (TPSA) is 77.8 Å². The highest BCUT2D eigenvalue weighted by atomic mass is 16.5. The fourth-order valence-electron chi connectivity index (χ4n) is 3.92. The summed E-state index contributed by atoms with van der Waals surface area (Å²) in [4.78, 5) is 8.49. The highest BCUT2D eigenvalue weighted by Gasteiger charge is 2.12. The van der Waals surface area contributed by atoms with E-state index < -0.39 is 0 Å². The summed E-state index contributed by atoms with van der Waals surface area (Å²) in [6.07, 6.45) is 6.99. The van der Waals surface area contributed by atoms with Crippen LogP contribution in [0.15, 0.2) is 116 Å². The predicted octanol–water partition coefficient (Wildman–Crippen LogP) is 6.41. The number of imidazole rings is 1. The van der Waals surface area contributed by atoms with E-state index in [1.807, 2.05) is 89.6 Å². The Labute approximate surface area is 201 Å². The summed E-state index contributed by atoms with van der Waals surface area (Å²) >= 11 is 0. The molecule has 3 aromatic heterocycles. The minimum atomic E-state index is 0.500. The third kappa shape index (κ3) is 4.18. The molecule has 0 fully saturated rings. The van der Waals surface area contributed by atoms with Gasteiger partial charge in [-0.15, -0.1) is 10.2 Å². The Kier molecular flexibility index (Phi) is 5.33. The van der Waals surface area contributed by atoms with Gasteiger partial charge in [0.15, 0.2) is 5.82 Å². The SMILES string of the molecule is c1ccc(-c2nnc(Nc3ccc(Oc4ncccc4-n4ccnc4)cc3)c3ccccc23)cc1. The number of nitrogens with zero attached hydrogens (tertiary/aromatic N) is 5. The molecule has 7 heteroatoms. The van der Waals surface area contributed by atoms with E-state index in [0.29, 0.717) is 17.4 Å². The first-order chi connectivity index (χ1) is 17.3. The van der Waals surface area contributed by atoms with Crippen LogP contribution >= 0.6 is 0 Å². The van der Waals surface area contributed by atoms with Gasteiger partial charge in [0.05, 0.1) is 6.33 Å². The molecule has 0 radical (unpaired) electrons. The minimum Gasteiger partial charge on any atom is -0.437 e. The first kappa shape index (κ1) is 20.6. The number of nitrogens with one attached hydrogen (secondary N) is 1. The lowest BCUT2D eigenvalue weighted by molar-refractivity contribution is 0.460. The summed E-state index contributed by atoms with van der Waals surface area (Å²) in [7, 11) is 0. The van der Waals surface area contributed by atoms with E-state index in [2.05, 4.69) is 37.6 Å². The number of hydrogen-bond donors (Lipinski definition) is 1. The summed E-state index contributed by atoms with van der Waals surface area (Å²) in [6, 6.07) is 29.7. The summed E-state index contributed by atoms with van der Waals surface area (Å²) in [5.41, 5.74) is 3.58. The van der Waals surface area contributed by atoms with Crippen LogP contribution in [0.2, 0.25) is 0 Å². The Hall–Kier alpha value is -5.04. The maximum atomic E-state index is 6.06. The quantitative estimate of drug-likeness (QED) is 0.312. The third-order valence-electron chi connectivity index (χ3n) is 5.60. The number of fused-ring (bicyclic) bond motifs is 1. The maximum absolute atomic E-state index is 6.06. The summed E-state index contributed by atoms with van der Waals surface area (Å²) < 4.78 is 7.92. The van der Waals surface area contributed by atoms with Crippen LogP contribution in [0.3, 0.4) is 0 Å². The predicted molar refractivity (Wildman–Crippen MR) is 136 cm³/mol. The van der Waals surface area contributed by atoms with E-state index in [4.69, 9.17) is 4.74 Å². The van der Waals surface area contributed by atoms with Crippen molar-refractivity contribution in [2.45, 2.75) is 0 Å². The van der Waals surface area contributed by atoms with Crippen molar-refractivity contribution in [1.82, 2.24) is 24.7 Å². The molecule has 0 aliphatic heterocycles. The van der Waals surface area contributed by atoms with Crippen molar-refractivity contribution in [1.29, 1.82) is 0 Å². The van der Waals surface area contributed by atoms with E-state index in [9.17, 15) is 0 Å². The number of benzene rings is 3. The largest absolute Gasteiger partial charge is 0.437 e. The minimum absolute atomic E-state index is 0.500. The highest BCUT2D eigenvalue weighted by Crippen LogP contribution is 2.32. The monoisotopic (exact) mass is 456 g/mol. The number of anilines is 2. The number of aromatic nitrogens is 5. The molecule has 0 bridgehead atoms. The lowest BCUT2D eigenvalue weighted by Gasteiger charge is -2.12. The van der Waals surface area contributed by atoms with Crippen LogP contribution in [0.5, 0.6) is 11.6 Å². The van der Waals surface area contributed by atoms with Crippen molar-refractivity contribution in [3.8, 4) is 28.6 Å². The number of pyridine rings is 1. The van der Waals surface area contributed by atoms with Crippen LogP contribution < -0.4 is 10.1 Å². The van der Waals surface area contributed by atoms with Crippen molar-refractivity contribution in [2.75, 3.05) is 5.32 Å². The number of ether oxygens (including phenoxy) is 1. The molecule has 1 N–H and O–H groups in total. The first-order valence-electron chi connectivity index (χ1n) is 11.1. The number of rotatable bonds is 6. The molecule has 0 amide bonds. The standard InChI is InChI=1S/C28H20N6O/c1-2-7-20(8-3-1)26-23-9-4-5-10-24(23)27(33-32-26)31-21-12-14-22(15-13-21)35-28-25(11-6-16-30-28)34-18-17-29-19-34/h1-19H,(H,31,33). The summed E-state index contributed by atoms with van der Waals surface area (Å²) in [5.74, 6) is 1.87. The van der Waals surface area contributed by atoms with E-state index in [0.717, 1.165) is 33.4 Å². The van der Waals surface area contributed by atoms with Gasteiger partial charge in [-0.1, -0.05) is 54.6 Å². The lowest BCUT2D eigenvalue weighted by Crippen LogP contribution is -1.99. The van der Waals surface area contributed by atoms with Crippen molar-refractivity contribution < 1.29 is 4.74 Å². The molecule has 3 heterocycles. The van der Waals surface area contributed by atoms with Gasteiger partial charge in [0.1, 0.15) is 17.1 Å². The molecule has 3 aromatic carbocycles. The molecular formula is C28H20N6O. The average Bonchev–Trinajstić information content (AvgIpc) is 3.46. The summed E-state index contributed by atoms with van der Waals surface area (Å²) in [6.45, 7) is 0. The molecule has 168 valence electrons. The van der Waals surface area contributed by atoms with Gasteiger partial charge >= 0.3 is 0 Å². The second kappa shape index (κ2) is 9.07. The van der Waals surface area contributed by atoms with Gasteiger partial charge in [0, 0.05) is 40.6 Å². The van der Waals surface area contributed by atoms with E-state index >= 15 is 0 Å². The molecular weight excluding hydrogens is 436 g/mol. The molecule has 6 aromatic rings. The van der Waals surface area contributed by atoms with E-state index in [1.165, 1.54) is 0 Å². The zero-order chi connectivity index (χ0) is 23.5. The van der Waals surface area contributed by atoms with Gasteiger partial charge in [-0.25, -0.2) is 9.97 Å². The fraction of sp³-hybridized carbons (Fsp3) is 0. The van der Waals surface area contributed by atoms with Crippen LogP contribution in [-0.2, 0) is 0 Å². The number of hydrogen-bond acceptors (Lipinski definition) is 6. The Morgan fingerprint density at radius 1 is 0.714 bits per heavy atom. The van der Waals surface area contributed by atoms with Crippen LogP contribution in [0, 0.1) is 0 Å². The molecule has 0 atom stereocenters. The molecule has 6 rings (SSSR count). The van der Waals surface area contributed by atoms with Gasteiger partial charge in [-0.2, -0.15) is 0 Å². The van der Waals surface area contributed by atoms with Gasteiger partial charge in [-0.05, 0) is 36.4 Å². The molecule has 35 heavy (non-hydrogen) atoms. The van der Waals surface area contributed by atoms with E-state index in [-0.39, 0.29) is 0 Å². The van der Waals surface area contributed by atoms with Crippen LogP contribution in [0.1, 0.15) is 0 Å². The zero-order valence-electron chi connectivity index (χ0n) is 18.6. The Morgan fingerprint density at radius 2 is 1.51 bits per heavy atom. The average molecular weight is 457 g/mol. The Morgan fingerprint density at radius 3 is 2.31 bits per heavy atom. The van der Waals surface area contributed by atoms with Crippen LogP contribution in [0.25, 0.3) is 27.7 Å². The van der Waals surface area contributed by atoms with Gasteiger partial charge in [0.25, 0.3) is 0 Å². The van der Waals surface area contributed by atoms with Gasteiger partial charge in [-0.3, -0.25) is 0 Å². The van der Waals surface area contributed by atoms with Crippen molar-refractivity contribution in [3.63, 3.8) is 0 Å². The second-order valence-electron chi connectivity index (χ2n) is 7.86. The zero-order valence-corrected chi connectivity index (χ0v) is 18.6. The summed E-state index contributed by atoms with van der Waals surface area (Å²) in [5, 5.41) is 14.5. The van der Waals surface area contributed by atoms with Gasteiger partial charge in [0.2, 0.25) is 5.88 Å². The Balaban J connectivity index is 1.26. The van der Waals surface area contributed by atoms with Crippen molar-refractivity contribution in [2.24, 2.45) is 0 Å². The molecule has 0 saturated heterocycles. The highest BCUT2D eigenvalue weighted by molar-refractivity contribution is 6.00. The molecule has 0 spiro atoms. The lowest BCUT2D eigenvalue weighted by atomic mass is 10.0. The van der Waals surface area contributed by atoms with Crippen LogP contribution in [-0.4, -0.2) is 24.7 Å². The van der Waals surface area contributed by atoms with Crippen molar-refractivity contribution >= 4 is 22.3 Å². The third-order valence-corrected chi connectivity index (χ3v) is 5.60. The Bertz CT molecular complexity index is 1580. The molecule has 7 nitrogen and oxygen atoms in total. The molecule has 0 aliphatic rings. The fourth-order valence-corrected chi connectivity index (χ4v) is 3.92. The smallest absolute Gasteiger partial charge is 0.243 e.